The molecule has 0 aliphatic heterocycles. The molecule has 0 saturated carbocycles. The van der Waals surface area contributed by atoms with Gasteiger partial charge in [0.2, 0.25) is 0 Å². The van der Waals surface area contributed by atoms with E-state index in [-0.39, 0.29) is 6.04 Å². The Morgan fingerprint density at radius 3 is 2.38 bits per heavy atom. The number of hydrogen-bond acceptors (Lipinski definition) is 3. The molecule has 112 valence electrons. The molecule has 0 aliphatic rings. The maximum atomic E-state index is 5.87. The number of aryl methyl sites for hydroxylation is 1. The van der Waals surface area contributed by atoms with Crippen LogP contribution < -0.4 is 15.2 Å². The standard InChI is InChI=1S/C18H23NO2/c1-14-13-16(15(2)19)9-10-18(14)21-12-6-11-20-17-7-4-3-5-8-17/h3-5,7-10,13,15H,6,11-12,19H2,1-2H3/t15-/m0/s1. The maximum Gasteiger partial charge on any atom is 0.122 e. The molecule has 1 atom stereocenters. The molecule has 3 nitrogen and oxygen atoms in total. The van der Waals surface area contributed by atoms with E-state index in [1.165, 1.54) is 0 Å². The molecule has 0 spiro atoms. The van der Waals surface area contributed by atoms with Gasteiger partial charge in [-0.1, -0.05) is 30.3 Å². The minimum absolute atomic E-state index is 0.0528. The van der Waals surface area contributed by atoms with Crippen molar-refractivity contribution in [3.63, 3.8) is 0 Å². The van der Waals surface area contributed by atoms with Gasteiger partial charge in [-0.05, 0) is 43.2 Å². The number of ether oxygens (including phenoxy) is 2. The van der Waals surface area contributed by atoms with Gasteiger partial charge in [0.05, 0.1) is 13.2 Å². The average molecular weight is 285 g/mol. The number of para-hydroxylation sites is 1. The number of nitrogens with two attached hydrogens (primary N) is 1. The van der Waals surface area contributed by atoms with Crippen molar-refractivity contribution in [2.45, 2.75) is 26.3 Å². The topological polar surface area (TPSA) is 44.5 Å². The van der Waals surface area contributed by atoms with E-state index in [1.807, 2.05) is 56.3 Å². The molecule has 0 unspecified atom stereocenters. The van der Waals surface area contributed by atoms with Crippen molar-refractivity contribution in [3.8, 4) is 11.5 Å². The zero-order valence-corrected chi connectivity index (χ0v) is 12.7. The van der Waals surface area contributed by atoms with Gasteiger partial charge in [-0.15, -0.1) is 0 Å². The van der Waals surface area contributed by atoms with E-state index in [9.17, 15) is 0 Å². The fourth-order valence-corrected chi connectivity index (χ4v) is 2.07. The lowest BCUT2D eigenvalue weighted by molar-refractivity contribution is 0.246. The lowest BCUT2D eigenvalue weighted by Gasteiger charge is -2.12. The third kappa shape index (κ3) is 4.80. The van der Waals surface area contributed by atoms with Crippen molar-refractivity contribution in [1.29, 1.82) is 0 Å². The van der Waals surface area contributed by atoms with Gasteiger partial charge in [0.25, 0.3) is 0 Å². The van der Waals surface area contributed by atoms with Crippen molar-refractivity contribution in [2.24, 2.45) is 5.73 Å². The summed E-state index contributed by atoms with van der Waals surface area (Å²) in [7, 11) is 0. The van der Waals surface area contributed by atoms with Gasteiger partial charge in [-0.3, -0.25) is 0 Å². The summed E-state index contributed by atoms with van der Waals surface area (Å²) in [5, 5.41) is 0. The molecule has 21 heavy (non-hydrogen) atoms. The predicted octanol–water partition coefficient (Wildman–Crippen LogP) is 3.86. The minimum atomic E-state index is 0.0528. The van der Waals surface area contributed by atoms with E-state index in [1.54, 1.807) is 0 Å². The second-order valence-electron chi connectivity index (χ2n) is 5.18. The first kappa shape index (κ1) is 15.4. The summed E-state index contributed by atoms with van der Waals surface area (Å²) in [5.74, 6) is 1.81. The zero-order valence-electron chi connectivity index (χ0n) is 12.7. The normalized spacial score (nSPS) is 12.0. The van der Waals surface area contributed by atoms with Gasteiger partial charge in [0.1, 0.15) is 11.5 Å². The van der Waals surface area contributed by atoms with Crippen LogP contribution in [0.1, 0.15) is 30.5 Å². The van der Waals surface area contributed by atoms with Gasteiger partial charge in [-0.2, -0.15) is 0 Å². The fourth-order valence-electron chi connectivity index (χ4n) is 2.07. The first-order valence-corrected chi connectivity index (χ1v) is 7.33. The predicted molar refractivity (Wildman–Crippen MR) is 85.8 cm³/mol. The van der Waals surface area contributed by atoms with E-state index in [0.717, 1.165) is 29.0 Å². The molecule has 0 heterocycles. The summed E-state index contributed by atoms with van der Waals surface area (Å²) in [6.45, 7) is 5.32. The van der Waals surface area contributed by atoms with E-state index >= 15 is 0 Å². The molecule has 2 N–H and O–H groups in total. The van der Waals surface area contributed by atoms with Crippen LogP contribution in [-0.2, 0) is 0 Å². The van der Waals surface area contributed by atoms with Gasteiger partial charge in [0, 0.05) is 12.5 Å². The lowest BCUT2D eigenvalue weighted by atomic mass is 10.1. The molecule has 0 bridgehead atoms. The molecule has 2 aromatic carbocycles. The molecule has 0 aromatic heterocycles. The van der Waals surface area contributed by atoms with Crippen LogP contribution >= 0.6 is 0 Å². The van der Waals surface area contributed by atoms with Crippen molar-refractivity contribution in [1.82, 2.24) is 0 Å². The van der Waals surface area contributed by atoms with Crippen LogP contribution in [0.3, 0.4) is 0 Å². The van der Waals surface area contributed by atoms with Crippen LogP contribution in [0.2, 0.25) is 0 Å². The highest BCUT2D eigenvalue weighted by molar-refractivity contribution is 5.37. The largest absolute Gasteiger partial charge is 0.493 e. The van der Waals surface area contributed by atoms with Crippen molar-refractivity contribution >= 4 is 0 Å². The Bertz CT molecular complexity index is 552. The van der Waals surface area contributed by atoms with Crippen LogP contribution in [0.5, 0.6) is 11.5 Å². The third-order valence-corrected chi connectivity index (χ3v) is 3.28. The van der Waals surface area contributed by atoms with Crippen LogP contribution in [-0.4, -0.2) is 13.2 Å². The fraction of sp³-hybridized carbons (Fsp3) is 0.333. The van der Waals surface area contributed by atoms with Crippen LogP contribution in [0, 0.1) is 6.92 Å². The summed E-state index contributed by atoms with van der Waals surface area (Å²) >= 11 is 0. The third-order valence-electron chi connectivity index (χ3n) is 3.28. The summed E-state index contributed by atoms with van der Waals surface area (Å²) in [4.78, 5) is 0. The first-order valence-electron chi connectivity index (χ1n) is 7.33. The number of benzene rings is 2. The highest BCUT2D eigenvalue weighted by Crippen LogP contribution is 2.22. The Morgan fingerprint density at radius 1 is 1.00 bits per heavy atom. The molecule has 0 saturated heterocycles. The van der Waals surface area contributed by atoms with Crippen molar-refractivity contribution in [3.05, 3.63) is 59.7 Å². The SMILES string of the molecule is Cc1cc([C@H](C)N)ccc1OCCCOc1ccccc1. The highest BCUT2D eigenvalue weighted by atomic mass is 16.5. The van der Waals surface area contributed by atoms with E-state index in [0.29, 0.717) is 13.2 Å². The number of hydrogen-bond donors (Lipinski definition) is 1. The molecule has 2 aromatic rings. The monoisotopic (exact) mass is 285 g/mol. The number of rotatable bonds is 7. The summed E-state index contributed by atoms with van der Waals surface area (Å²) < 4.78 is 11.4. The molecular weight excluding hydrogens is 262 g/mol. The Balaban J connectivity index is 1.74. The lowest BCUT2D eigenvalue weighted by Crippen LogP contribution is -2.07. The van der Waals surface area contributed by atoms with Crippen LogP contribution in [0.15, 0.2) is 48.5 Å². The smallest absolute Gasteiger partial charge is 0.122 e. The maximum absolute atomic E-state index is 5.87. The molecular formula is C18H23NO2. The van der Waals surface area contributed by atoms with E-state index in [4.69, 9.17) is 15.2 Å². The zero-order chi connectivity index (χ0) is 15.1. The molecule has 0 radical (unpaired) electrons. The average Bonchev–Trinajstić information content (AvgIpc) is 2.49. The van der Waals surface area contributed by atoms with E-state index < -0.39 is 0 Å². The second-order valence-corrected chi connectivity index (χ2v) is 5.18. The van der Waals surface area contributed by atoms with Gasteiger partial charge >= 0.3 is 0 Å². The molecule has 0 fully saturated rings. The van der Waals surface area contributed by atoms with Crippen LogP contribution in [0.25, 0.3) is 0 Å². The summed E-state index contributed by atoms with van der Waals surface area (Å²) in [6.07, 6.45) is 0.851. The molecule has 2 rings (SSSR count). The Kier molecular flexibility index (Phi) is 5.64. The Morgan fingerprint density at radius 2 is 1.71 bits per heavy atom. The highest BCUT2D eigenvalue weighted by Gasteiger charge is 2.04. The van der Waals surface area contributed by atoms with E-state index in [2.05, 4.69) is 6.07 Å². The Hall–Kier alpha value is -2.00. The minimum Gasteiger partial charge on any atom is -0.493 e. The first-order chi connectivity index (χ1) is 10.2. The van der Waals surface area contributed by atoms with Crippen molar-refractivity contribution in [2.75, 3.05) is 13.2 Å². The van der Waals surface area contributed by atoms with Gasteiger partial charge < -0.3 is 15.2 Å². The summed E-state index contributed by atoms with van der Waals surface area (Å²) in [5.41, 5.74) is 8.12. The quantitative estimate of drug-likeness (QED) is 0.786. The van der Waals surface area contributed by atoms with Crippen LogP contribution in [0.4, 0.5) is 0 Å². The Labute approximate surface area is 126 Å². The summed E-state index contributed by atoms with van der Waals surface area (Å²) in [6, 6.07) is 16.0. The van der Waals surface area contributed by atoms with Gasteiger partial charge in [0.15, 0.2) is 0 Å². The van der Waals surface area contributed by atoms with Gasteiger partial charge in [-0.25, -0.2) is 0 Å². The molecule has 0 aliphatic carbocycles. The van der Waals surface area contributed by atoms with Crippen molar-refractivity contribution < 1.29 is 9.47 Å². The molecule has 3 heteroatoms. The molecule has 0 amide bonds. The second kappa shape index (κ2) is 7.70.